The van der Waals surface area contributed by atoms with Crippen molar-refractivity contribution in [3.8, 4) is 17.4 Å². The van der Waals surface area contributed by atoms with E-state index in [4.69, 9.17) is 4.74 Å². The van der Waals surface area contributed by atoms with Gasteiger partial charge in [0.15, 0.2) is 0 Å². The van der Waals surface area contributed by atoms with Crippen LogP contribution in [0.3, 0.4) is 0 Å². The standard InChI is InChI=1S/C21H25F3N2O5S/c1-12-8-15(31-21(22,23)24)9-13(2)18(12)30-19-17(20(28)29)16(10-14(3)25-19)26(11-27)6-5-7-32-4/h8-10,27H,5-7,11H2,1-4H3,(H,28,29). The zero-order valence-electron chi connectivity index (χ0n) is 18.1. The lowest BCUT2D eigenvalue weighted by molar-refractivity contribution is -0.274. The minimum Gasteiger partial charge on any atom is -0.477 e. The molecule has 32 heavy (non-hydrogen) atoms. The van der Waals surface area contributed by atoms with Crippen molar-refractivity contribution in [2.45, 2.75) is 33.6 Å². The molecular formula is C21H25F3N2O5S. The Hall–Kier alpha value is -2.66. The second-order valence-electron chi connectivity index (χ2n) is 7.06. The summed E-state index contributed by atoms with van der Waals surface area (Å²) in [7, 11) is 0. The van der Waals surface area contributed by atoms with E-state index in [1.165, 1.54) is 18.7 Å². The highest BCUT2D eigenvalue weighted by Crippen LogP contribution is 2.37. The molecule has 7 nitrogen and oxygen atoms in total. The number of rotatable bonds is 10. The monoisotopic (exact) mass is 474 g/mol. The molecule has 0 aliphatic rings. The second-order valence-corrected chi connectivity index (χ2v) is 8.04. The molecule has 0 aliphatic carbocycles. The Balaban J connectivity index is 2.50. The van der Waals surface area contributed by atoms with Gasteiger partial charge in [0.2, 0.25) is 5.88 Å². The summed E-state index contributed by atoms with van der Waals surface area (Å²) in [6.45, 7) is 4.71. The Bertz CT molecular complexity index is 946. The van der Waals surface area contributed by atoms with Crippen molar-refractivity contribution in [2.75, 3.05) is 30.2 Å². The van der Waals surface area contributed by atoms with Gasteiger partial charge in [-0.3, -0.25) is 0 Å². The number of carbonyl (C=O) groups is 1. The molecule has 1 aromatic carbocycles. The highest BCUT2D eigenvalue weighted by Gasteiger charge is 2.32. The Morgan fingerprint density at radius 2 is 1.81 bits per heavy atom. The zero-order valence-corrected chi connectivity index (χ0v) is 18.9. The molecule has 1 heterocycles. The van der Waals surface area contributed by atoms with Gasteiger partial charge >= 0.3 is 12.3 Å². The van der Waals surface area contributed by atoms with Gasteiger partial charge < -0.3 is 24.6 Å². The first-order valence-corrected chi connectivity index (χ1v) is 11.0. The van der Waals surface area contributed by atoms with Gasteiger partial charge in [-0.25, -0.2) is 9.78 Å². The van der Waals surface area contributed by atoms with Crippen molar-refractivity contribution >= 4 is 23.4 Å². The molecule has 11 heteroatoms. The lowest BCUT2D eigenvalue weighted by atomic mass is 10.1. The van der Waals surface area contributed by atoms with Crippen molar-refractivity contribution in [1.29, 1.82) is 0 Å². The highest BCUT2D eigenvalue weighted by atomic mass is 32.2. The van der Waals surface area contributed by atoms with Crippen LogP contribution in [0, 0.1) is 20.8 Å². The van der Waals surface area contributed by atoms with Crippen LogP contribution >= 0.6 is 11.8 Å². The van der Waals surface area contributed by atoms with Gasteiger partial charge in [0, 0.05) is 12.2 Å². The number of nitrogens with zero attached hydrogens (tertiary/aromatic N) is 2. The number of hydrogen-bond donors (Lipinski definition) is 2. The number of aliphatic hydroxyl groups excluding tert-OH is 1. The average molecular weight is 475 g/mol. The van der Waals surface area contributed by atoms with Gasteiger partial charge in [0.25, 0.3) is 0 Å². The largest absolute Gasteiger partial charge is 0.573 e. The number of hydrogen-bond acceptors (Lipinski definition) is 7. The quantitative estimate of drug-likeness (QED) is 0.371. The normalized spacial score (nSPS) is 11.4. The number of carboxylic acids is 1. The van der Waals surface area contributed by atoms with Gasteiger partial charge in [-0.05, 0) is 68.5 Å². The fraction of sp³-hybridized carbons (Fsp3) is 0.429. The molecule has 0 bridgehead atoms. The maximum absolute atomic E-state index is 12.5. The van der Waals surface area contributed by atoms with Crippen LogP contribution in [-0.2, 0) is 0 Å². The number of halogens is 3. The van der Waals surface area contributed by atoms with Crippen LogP contribution in [-0.4, -0.2) is 52.8 Å². The second kappa shape index (κ2) is 10.8. The Morgan fingerprint density at radius 1 is 1.19 bits per heavy atom. The van der Waals surface area contributed by atoms with E-state index in [9.17, 15) is 28.2 Å². The summed E-state index contributed by atoms with van der Waals surface area (Å²) in [5.41, 5.74) is 1.07. The van der Waals surface area contributed by atoms with Crippen molar-refractivity contribution in [2.24, 2.45) is 0 Å². The van der Waals surface area contributed by atoms with Crippen molar-refractivity contribution in [3.05, 3.63) is 40.6 Å². The maximum Gasteiger partial charge on any atom is 0.573 e. The number of aryl methyl sites for hydroxylation is 3. The summed E-state index contributed by atoms with van der Waals surface area (Å²) in [6.07, 6.45) is -2.17. The molecule has 2 aromatic rings. The molecule has 0 spiro atoms. The van der Waals surface area contributed by atoms with Crippen LogP contribution in [0.15, 0.2) is 18.2 Å². The third-order valence-corrected chi connectivity index (χ3v) is 5.16. The predicted octanol–water partition coefficient (Wildman–Crippen LogP) is 4.91. The van der Waals surface area contributed by atoms with Crippen LogP contribution in [0.25, 0.3) is 0 Å². The van der Waals surface area contributed by atoms with E-state index in [0.29, 0.717) is 23.4 Å². The van der Waals surface area contributed by atoms with Gasteiger partial charge in [-0.15, -0.1) is 13.2 Å². The number of pyridine rings is 1. The number of aliphatic hydroxyl groups is 1. The molecule has 2 rings (SSSR count). The lowest BCUT2D eigenvalue weighted by Crippen LogP contribution is -2.28. The summed E-state index contributed by atoms with van der Waals surface area (Å²) >= 11 is 1.63. The molecule has 0 saturated heterocycles. The molecule has 0 saturated carbocycles. The molecule has 0 atom stereocenters. The molecule has 0 amide bonds. The first-order chi connectivity index (χ1) is 15.0. The Labute approximate surface area is 188 Å². The number of ether oxygens (including phenoxy) is 2. The fourth-order valence-electron chi connectivity index (χ4n) is 3.18. The topological polar surface area (TPSA) is 92.1 Å². The number of carboxylic acid groups (broad SMARTS) is 1. The van der Waals surface area contributed by atoms with Gasteiger partial charge in [-0.1, -0.05) is 0 Å². The smallest absolute Gasteiger partial charge is 0.477 e. The van der Waals surface area contributed by atoms with E-state index in [2.05, 4.69) is 9.72 Å². The van der Waals surface area contributed by atoms with E-state index < -0.39 is 24.8 Å². The summed E-state index contributed by atoms with van der Waals surface area (Å²) in [4.78, 5) is 17.8. The zero-order chi connectivity index (χ0) is 24.1. The van der Waals surface area contributed by atoms with Gasteiger partial charge in [0.1, 0.15) is 23.8 Å². The molecule has 176 valence electrons. The summed E-state index contributed by atoms with van der Waals surface area (Å²) < 4.78 is 47.4. The average Bonchev–Trinajstić information content (AvgIpc) is 2.66. The van der Waals surface area contributed by atoms with Crippen LogP contribution in [0.4, 0.5) is 18.9 Å². The maximum atomic E-state index is 12.5. The molecular weight excluding hydrogens is 449 g/mol. The van der Waals surface area contributed by atoms with Crippen LogP contribution in [0.5, 0.6) is 17.4 Å². The van der Waals surface area contributed by atoms with Crippen molar-refractivity contribution in [3.63, 3.8) is 0 Å². The van der Waals surface area contributed by atoms with Crippen LogP contribution < -0.4 is 14.4 Å². The molecule has 0 fully saturated rings. The molecule has 1 aromatic heterocycles. The molecule has 0 radical (unpaired) electrons. The Morgan fingerprint density at radius 3 is 2.31 bits per heavy atom. The minimum absolute atomic E-state index is 0.170. The third-order valence-electron chi connectivity index (χ3n) is 4.46. The first-order valence-electron chi connectivity index (χ1n) is 9.61. The predicted molar refractivity (Wildman–Crippen MR) is 116 cm³/mol. The van der Waals surface area contributed by atoms with E-state index >= 15 is 0 Å². The highest BCUT2D eigenvalue weighted by molar-refractivity contribution is 7.98. The molecule has 0 unspecified atom stereocenters. The number of benzene rings is 1. The third kappa shape index (κ3) is 6.67. The lowest BCUT2D eigenvalue weighted by Gasteiger charge is -2.25. The number of aromatic nitrogens is 1. The minimum atomic E-state index is -4.84. The first kappa shape index (κ1) is 25.6. The molecule has 2 N–H and O–H groups in total. The fourth-order valence-corrected chi connectivity index (χ4v) is 3.60. The number of anilines is 1. The Kier molecular flexibility index (Phi) is 8.62. The summed E-state index contributed by atoms with van der Waals surface area (Å²) in [6, 6.07) is 3.84. The summed E-state index contributed by atoms with van der Waals surface area (Å²) in [5, 5.41) is 19.7. The van der Waals surface area contributed by atoms with Crippen molar-refractivity contribution < 1.29 is 37.7 Å². The van der Waals surface area contributed by atoms with E-state index in [1.807, 2.05) is 6.26 Å². The number of thioether (sulfide) groups is 1. The van der Waals surface area contributed by atoms with Crippen LogP contribution in [0.1, 0.15) is 33.6 Å². The number of alkyl halides is 3. The van der Waals surface area contributed by atoms with E-state index in [0.717, 1.165) is 24.3 Å². The van der Waals surface area contributed by atoms with Crippen molar-refractivity contribution in [1.82, 2.24) is 4.98 Å². The SMILES string of the molecule is CSCCCN(CO)c1cc(C)nc(Oc2c(C)cc(OC(F)(F)F)cc2C)c1C(=O)O. The molecule has 0 aliphatic heterocycles. The van der Waals surface area contributed by atoms with E-state index in [-0.39, 0.29) is 22.9 Å². The van der Waals surface area contributed by atoms with Crippen LogP contribution in [0.2, 0.25) is 0 Å². The van der Waals surface area contributed by atoms with E-state index in [1.54, 1.807) is 24.8 Å². The van der Waals surface area contributed by atoms with Gasteiger partial charge in [-0.2, -0.15) is 11.8 Å². The number of aromatic carboxylic acids is 1. The van der Waals surface area contributed by atoms with Gasteiger partial charge in [0.05, 0.1) is 5.69 Å². The summed E-state index contributed by atoms with van der Waals surface area (Å²) in [5.74, 6) is -0.929.